The maximum absolute atomic E-state index is 10.1. The number of aliphatic hydroxyl groups excluding tert-OH is 1. The van der Waals surface area contributed by atoms with Crippen LogP contribution in [0, 0.1) is 13.8 Å². The zero-order chi connectivity index (χ0) is 13.5. The zero-order valence-corrected chi connectivity index (χ0v) is 11.6. The van der Waals surface area contributed by atoms with Crippen LogP contribution in [0.5, 0.6) is 0 Å². The third-order valence-electron chi connectivity index (χ3n) is 4.05. The number of likely N-dealkylation sites (N-methyl/N-ethyl adjacent to an activating group) is 1. The van der Waals surface area contributed by atoms with E-state index in [2.05, 4.69) is 36.9 Å². The van der Waals surface area contributed by atoms with Crippen LogP contribution in [0.1, 0.15) is 36.1 Å². The molecule has 0 aliphatic carbocycles. The first-order valence-electron chi connectivity index (χ1n) is 6.49. The van der Waals surface area contributed by atoms with E-state index in [1.165, 1.54) is 16.7 Å². The highest BCUT2D eigenvalue weighted by Gasteiger charge is 2.40. The lowest BCUT2D eigenvalue weighted by molar-refractivity contribution is -0.121. The van der Waals surface area contributed by atoms with E-state index >= 15 is 0 Å². The minimum atomic E-state index is -1.01. The van der Waals surface area contributed by atoms with Gasteiger partial charge in [-0.05, 0) is 45.4 Å². The molecule has 0 radical (unpaired) electrons. The van der Waals surface area contributed by atoms with E-state index in [-0.39, 0.29) is 6.04 Å². The van der Waals surface area contributed by atoms with Gasteiger partial charge < -0.3 is 10.2 Å². The predicted octanol–water partition coefficient (Wildman–Crippen LogP) is 1.79. The summed E-state index contributed by atoms with van der Waals surface area (Å²) in [6, 6.07) is 6.59. The van der Waals surface area contributed by atoms with Crippen molar-refractivity contribution < 1.29 is 10.2 Å². The van der Waals surface area contributed by atoms with Gasteiger partial charge in [0.1, 0.15) is 5.60 Å². The van der Waals surface area contributed by atoms with Crippen LogP contribution in [-0.4, -0.2) is 40.4 Å². The standard InChI is InChI=1S/C15H23NO2/c1-10-5-6-12(11(2)7-10)13-8-14(17)15(3,18)9-16(13)4/h5-7,13-14,17-18H,8-9H2,1-4H3/t13-,14+,15-/m0/s1. The Balaban J connectivity index is 2.29. The maximum Gasteiger partial charge on any atom is 0.100 e. The average molecular weight is 249 g/mol. The molecular weight excluding hydrogens is 226 g/mol. The van der Waals surface area contributed by atoms with Crippen molar-refractivity contribution in [2.24, 2.45) is 0 Å². The van der Waals surface area contributed by atoms with Crippen molar-refractivity contribution in [2.75, 3.05) is 13.6 Å². The molecule has 18 heavy (non-hydrogen) atoms. The normalized spacial score (nSPS) is 33.7. The summed E-state index contributed by atoms with van der Waals surface area (Å²) in [4.78, 5) is 2.13. The number of nitrogens with zero attached hydrogens (tertiary/aromatic N) is 1. The molecule has 1 fully saturated rings. The molecule has 1 aromatic carbocycles. The Morgan fingerprint density at radius 3 is 2.61 bits per heavy atom. The van der Waals surface area contributed by atoms with Gasteiger partial charge in [0, 0.05) is 12.6 Å². The summed E-state index contributed by atoms with van der Waals surface area (Å²) in [5.41, 5.74) is 2.74. The highest BCUT2D eigenvalue weighted by molar-refractivity contribution is 5.33. The number of hydrogen-bond acceptors (Lipinski definition) is 3. The third-order valence-corrected chi connectivity index (χ3v) is 4.05. The second-order valence-electron chi connectivity index (χ2n) is 5.90. The summed E-state index contributed by atoms with van der Waals surface area (Å²) in [5, 5.41) is 20.2. The van der Waals surface area contributed by atoms with E-state index in [4.69, 9.17) is 0 Å². The van der Waals surface area contributed by atoms with Crippen LogP contribution >= 0.6 is 0 Å². The molecule has 1 saturated heterocycles. The van der Waals surface area contributed by atoms with E-state index in [9.17, 15) is 10.2 Å². The van der Waals surface area contributed by atoms with Gasteiger partial charge in [-0.3, -0.25) is 4.90 Å². The van der Waals surface area contributed by atoms with Crippen LogP contribution in [0.4, 0.5) is 0 Å². The molecule has 2 rings (SSSR count). The highest BCUT2D eigenvalue weighted by Crippen LogP contribution is 2.35. The maximum atomic E-state index is 10.1. The van der Waals surface area contributed by atoms with E-state index in [1.807, 2.05) is 7.05 Å². The molecule has 0 unspecified atom stereocenters. The number of benzene rings is 1. The first-order chi connectivity index (χ1) is 8.31. The Hall–Kier alpha value is -0.900. The van der Waals surface area contributed by atoms with Crippen LogP contribution in [0.25, 0.3) is 0 Å². The van der Waals surface area contributed by atoms with Crippen LogP contribution in [0.3, 0.4) is 0 Å². The van der Waals surface area contributed by atoms with Crippen molar-refractivity contribution >= 4 is 0 Å². The Kier molecular flexibility index (Phi) is 3.49. The van der Waals surface area contributed by atoms with Crippen molar-refractivity contribution in [3.63, 3.8) is 0 Å². The summed E-state index contributed by atoms with van der Waals surface area (Å²) in [7, 11) is 2.00. The van der Waals surface area contributed by atoms with Gasteiger partial charge in [0.25, 0.3) is 0 Å². The molecular formula is C15H23NO2. The molecule has 2 N–H and O–H groups in total. The molecule has 0 spiro atoms. The summed E-state index contributed by atoms with van der Waals surface area (Å²) in [6.07, 6.45) is -0.0904. The van der Waals surface area contributed by atoms with Gasteiger partial charge in [0.05, 0.1) is 6.10 Å². The predicted molar refractivity (Wildman–Crippen MR) is 72.5 cm³/mol. The van der Waals surface area contributed by atoms with Crippen molar-refractivity contribution in [2.45, 2.75) is 44.9 Å². The van der Waals surface area contributed by atoms with E-state index in [1.54, 1.807) is 6.92 Å². The largest absolute Gasteiger partial charge is 0.390 e. The lowest BCUT2D eigenvalue weighted by Gasteiger charge is -2.44. The fourth-order valence-electron chi connectivity index (χ4n) is 2.93. The van der Waals surface area contributed by atoms with E-state index in [0.717, 1.165) is 0 Å². The number of rotatable bonds is 1. The average Bonchev–Trinajstić information content (AvgIpc) is 2.24. The van der Waals surface area contributed by atoms with Gasteiger partial charge in [-0.1, -0.05) is 23.8 Å². The molecule has 0 aromatic heterocycles. The van der Waals surface area contributed by atoms with Crippen LogP contribution < -0.4 is 0 Å². The third kappa shape index (κ3) is 2.44. The first-order valence-corrected chi connectivity index (χ1v) is 6.49. The van der Waals surface area contributed by atoms with Crippen molar-refractivity contribution in [3.8, 4) is 0 Å². The monoisotopic (exact) mass is 249 g/mol. The van der Waals surface area contributed by atoms with Gasteiger partial charge in [-0.15, -0.1) is 0 Å². The molecule has 0 saturated carbocycles. The molecule has 3 heteroatoms. The summed E-state index contributed by atoms with van der Waals surface area (Å²) in [6.45, 7) is 6.38. The Labute approximate surface area is 109 Å². The minimum absolute atomic E-state index is 0.181. The summed E-state index contributed by atoms with van der Waals surface area (Å²) in [5.74, 6) is 0. The molecule has 3 atom stereocenters. The lowest BCUT2D eigenvalue weighted by Crippen LogP contribution is -2.54. The topological polar surface area (TPSA) is 43.7 Å². The molecule has 1 aliphatic heterocycles. The molecule has 1 aromatic rings. The molecule has 0 bridgehead atoms. The van der Waals surface area contributed by atoms with E-state index in [0.29, 0.717) is 13.0 Å². The Morgan fingerprint density at radius 2 is 2.00 bits per heavy atom. The van der Waals surface area contributed by atoms with Gasteiger partial charge in [-0.2, -0.15) is 0 Å². The minimum Gasteiger partial charge on any atom is -0.390 e. The highest BCUT2D eigenvalue weighted by atomic mass is 16.3. The second-order valence-corrected chi connectivity index (χ2v) is 5.90. The number of hydrogen-bond donors (Lipinski definition) is 2. The van der Waals surface area contributed by atoms with Crippen molar-refractivity contribution in [3.05, 3.63) is 34.9 Å². The fraction of sp³-hybridized carbons (Fsp3) is 0.600. The summed E-state index contributed by atoms with van der Waals surface area (Å²) >= 11 is 0. The molecule has 100 valence electrons. The molecule has 0 amide bonds. The summed E-state index contributed by atoms with van der Waals surface area (Å²) < 4.78 is 0. The Morgan fingerprint density at radius 1 is 1.33 bits per heavy atom. The van der Waals surface area contributed by atoms with Crippen LogP contribution in [0.15, 0.2) is 18.2 Å². The van der Waals surface area contributed by atoms with Gasteiger partial charge in [-0.25, -0.2) is 0 Å². The molecule has 1 aliphatic rings. The van der Waals surface area contributed by atoms with Crippen LogP contribution in [0.2, 0.25) is 0 Å². The Bertz CT molecular complexity index is 442. The lowest BCUT2D eigenvalue weighted by atomic mass is 9.83. The number of aryl methyl sites for hydroxylation is 2. The van der Waals surface area contributed by atoms with Gasteiger partial charge >= 0.3 is 0 Å². The smallest absolute Gasteiger partial charge is 0.100 e. The second kappa shape index (κ2) is 4.65. The van der Waals surface area contributed by atoms with E-state index < -0.39 is 11.7 Å². The van der Waals surface area contributed by atoms with Gasteiger partial charge in [0.2, 0.25) is 0 Å². The van der Waals surface area contributed by atoms with Crippen molar-refractivity contribution in [1.82, 2.24) is 4.90 Å². The first kappa shape index (κ1) is 13.5. The number of likely N-dealkylation sites (tertiary alicyclic amines) is 1. The number of β-amino-alcohol motifs (C(OH)–C–C–N with tert-alkyl or cyclic N) is 1. The van der Waals surface area contributed by atoms with Gasteiger partial charge in [0.15, 0.2) is 0 Å². The number of aliphatic hydroxyl groups is 2. The quantitative estimate of drug-likeness (QED) is 0.797. The number of piperidine rings is 1. The zero-order valence-electron chi connectivity index (χ0n) is 11.6. The SMILES string of the molecule is Cc1ccc([C@@H]2C[C@@H](O)[C@@](C)(O)CN2C)c(C)c1. The molecule has 3 nitrogen and oxygen atoms in total. The fourth-order valence-corrected chi connectivity index (χ4v) is 2.93. The van der Waals surface area contributed by atoms with Crippen molar-refractivity contribution in [1.29, 1.82) is 0 Å². The molecule has 1 heterocycles. The van der Waals surface area contributed by atoms with Crippen LogP contribution in [-0.2, 0) is 0 Å².